The van der Waals surface area contributed by atoms with Crippen LogP contribution in [-0.4, -0.2) is 38.7 Å². The number of para-hydroxylation sites is 1. The van der Waals surface area contributed by atoms with E-state index in [4.69, 9.17) is 14.6 Å². The zero-order valence-electron chi connectivity index (χ0n) is 16.0. The van der Waals surface area contributed by atoms with E-state index in [1.165, 1.54) is 19.2 Å². The van der Waals surface area contributed by atoms with Crippen LogP contribution in [0.2, 0.25) is 0 Å². The molecule has 0 spiro atoms. The minimum atomic E-state index is -3.68. The van der Waals surface area contributed by atoms with E-state index in [0.717, 1.165) is 23.3 Å². The summed E-state index contributed by atoms with van der Waals surface area (Å²) in [5.41, 5.74) is 1.81. The molecule has 0 bridgehead atoms. The summed E-state index contributed by atoms with van der Waals surface area (Å²) in [4.78, 5) is 11.1. The molecule has 4 rings (SSSR count). The summed E-state index contributed by atoms with van der Waals surface area (Å²) >= 11 is 0. The van der Waals surface area contributed by atoms with Gasteiger partial charge in [-0.15, -0.1) is 0 Å². The summed E-state index contributed by atoms with van der Waals surface area (Å²) in [6, 6.07) is 11.7. The smallest absolute Gasteiger partial charge is 0.303 e. The van der Waals surface area contributed by atoms with Crippen LogP contribution >= 0.6 is 0 Å². The highest BCUT2D eigenvalue weighted by Crippen LogP contribution is 2.49. The number of carboxylic acid groups (broad SMARTS) is 1. The second kappa shape index (κ2) is 7.68. The molecule has 1 aliphatic carbocycles. The van der Waals surface area contributed by atoms with E-state index in [2.05, 4.69) is 4.72 Å². The second-order valence-electron chi connectivity index (χ2n) is 7.39. The molecule has 3 unspecified atom stereocenters. The maximum absolute atomic E-state index is 12.9. The molecule has 2 aliphatic rings. The van der Waals surface area contributed by atoms with Gasteiger partial charge in [-0.2, -0.15) is 0 Å². The fourth-order valence-electron chi connectivity index (χ4n) is 4.27. The van der Waals surface area contributed by atoms with Gasteiger partial charge in [0.25, 0.3) is 0 Å². The molecule has 154 valence electrons. The highest BCUT2D eigenvalue weighted by molar-refractivity contribution is 7.89. The fourth-order valence-corrected chi connectivity index (χ4v) is 5.56. The van der Waals surface area contributed by atoms with Crippen LogP contribution in [-0.2, 0) is 21.2 Å². The van der Waals surface area contributed by atoms with Gasteiger partial charge in [0.2, 0.25) is 10.0 Å². The number of rotatable bonds is 7. The number of carboxylic acids is 1. The molecule has 1 saturated carbocycles. The average molecular weight is 417 g/mol. The first kappa shape index (κ1) is 19.7. The van der Waals surface area contributed by atoms with Crippen molar-refractivity contribution in [2.75, 3.05) is 7.11 Å². The van der Waals surface area contributed by atoms with Crippen molar-refractivity contribution in [3.63, 3.8) is 0 Å². The van der Waals surface area contributed by atoms with Crippen molar-refractivity contribution < 1.29 is 27.8 Å². The Morgan fingerprint density at radius 3 is 2.66 bits per heavy atom. The first-order valence-corrected chi connectivity index (χ1v) is 11.0. The number of methoxy groups -OCH3 is 1. The first-order chi connectivity index (χ1) is 13.9. The number of benzene rings is 2. The molecule has 29 heavy (non-hydrogen) atoms. The van der Waals surface area contributed by atoms with E-state index >= 15 is 0 Å². The van der Waals surface area contributed by atoms with Gasteiger partial charge in [-0.05, 0) is 49.1 Å². The van der Waals surface area contributed by atoms with Crippen molar-refractivity contribution in [2.45, 2.75) is 48.6 Å². The van der Waals surface area contributed by atoms with Gasteiger partial charge < -0.3 is 14.6 Å². The van der Waals surface area contributed by atoms with E-state index in [1.807, 2.05) is 18.2 Å². The van der Waals surface area contributed by atoms with Crippen molar-refractivity contribution >= 4 is 16.0 Å². The third-order valence-electron chi connectivity index (χ3n) is 5.64. The molecule has 3 atom stereocenters. The highest BCUT2D eigenvalue weighted by atomic mass is 32.2. The Labute approximate surface area is 169 Å². The molecular formula is C21H23NO6S. The maximum atomic E-state index is 12.9. The van der Waals surface area contributed by atoms with Crippen LogP contribution in [0.4, 0.5) is 0 Å². The number of sulfonamides is 1. The fraction of sp³-hybridized carbons (Fsp3) is 0.381. The van der Waals surface area contributed by atoms with Crippen LogP contribution in [0.1, 0.15) is 36.3 Å². The molecule has 8 heteroatoms. The standard InChI is InChI=1S/C21H23NO6S/c1-27-14-6-8-15(9-7-14)29(25,26)22-17-10-11-18-20(17)16-4-2-3-13(21(16)28-18)5-12-19(23)24/h2-4,6-9,17-18,20,22H,5,10-12H2,1H3,(H,23,24). The number of aryl methyl sites for hydroxylation is 1. The molecule has 2 aromatic rings. The molecule has 1 fully saturated rings. The van der Waals surface area contributed by atoms with Crippen molar-refractivity contribution in [2.24, 2.45) is 0 Å². The van der Waals surface area contributed by atoms with Gasteiger partial charge in [0, 0.05) is 23.9 Å². The largest absolute Gasteiger partial charge is 0.497 e. The summed E-state index contributed by atoms with van der Waals surface area (Å²) in [6.07, 6.45) is 1.75. The third kappa shape index (κ3) is 3.82. The Hall–Kier alpha value is -2.58. The molecule has 7 nitrogen and oxygen atoms in total. The van der Waals surface area contributed by atoms with Gasteiger partial charge in [-0.1, -0.05) is 18.2 Å². The average Bonchev–Trinajstić information content (AvgIpc) is 3.26. The zero-order valence-corrected chi connectivity index (χ0v) is 16.8. The molecule has 1 aliphatic heterocycles. The van der Waals surface area contributed by atoms with Crippen LogP contribution < -0.4 is 14.2 Å². The topological polar surface area (TPSA) is 102 Å². The minimum absolute atomic E-state index is 0.0304. The molecule has 1 heterocycles. The van der Waals surface area contributed by atoms with Crippen molar-refractivity contribution in [3.05, 3.63) is 53.6 Å². The lowest BCUT2D eigenvalue weighted by Crippen LogP contribution is -2.37. The number of hydrogen-bond acceptors (Lipinski definition) is 5. The molecule has 0 aromatic heterocycles. The van der Waals surface area contributed by atoms with Gasteiger partial charge in [-0.25, -0.2) is 13.1 Å². The lowest BCUT2D eigenvalue weighted by atomic mass is 9.92. The highest BCUT2D eigenvalue weighted by Gasteiger charge is 2.46. The van der Waals surface area contributed by atoms with E-state index < -0.39 is 16.0 Å². The van der Waals surface area contributed by atoms with Crippen LogP contribution in [0, 0.1) is 0 Å². The Morgan fingerprint density at radius 1 is 1.21 bits per heavy atom. The number of ether oxygens (including phenoxy) is 2. The molecule has 0 amide bonds. The second-order valence-corrected chi connectivity index (χ2v) is 9.11. The molecular weight excluding hydrogens is 394 g/mol. The summed E-state index contributed by atoms with van der Waals surface area (Å²) in [5.74, 6) is 0.378. The van der Waals surface area contributed by atoms with Crippen LogP contribution in [0.3, 0.4) is 0 Å². The van der Waals surface area contributed by atoms with Crippen LogP contribution in [0.15, 0.2) is 47.4 Å². The van der Waals surface area contributed by atoms with Gasteiger partial charge in [0.15, 0.2) is 0 Å². The van der Waals surface area contributed by atoms with Crippen molar-refractivity contribution in [3.8, 4) is 11.5 Å². The van der Waals surface area contributed by atoms with Gasteiger partial charge in [-0.3, -0.25) is 4.79 Å². The molecule has 2 aromatic carbocycles. The van der Waals surface area contributed by atoms with E-state index in [1.54, 1.807) is 12.1 Å². The monoisotopic (exact) mass is 417 g/mol. The normalized spacial score (nSPS) is 22.6. The Kier molecular flexibility index (Phi) is 5.23. The predicted molar refractivity (Wildman–Crippen MR) is 106 cm³/mol. The summed E-state index contributed by atoms with van der Waals surface area (Å²) in [6.45, 7) is 0. The van der Waals surface area contributed by atoms with E-state index in [-0.39, 0.29) is 29.4 Å². The Balaban J connectivity index is 1.56. The number of nitrogens with one attached hydrogen (secondary N) is 1. The summed E-state index contributed by atoms with van der Waals surface area (Å²) in [5, 5.41) is 8.97. The van der Waals surface area contributed by atoms with Crippen LogP contribution in [0.25, 0.3) is 0 Å². The molecule has 0 saturated heterocycles. The number of fused-ring (bicyclic) bond motifs is 3. The Morgan fingerprint density at radius 2 is 1.97 bits per heavy atom. The van der Waals surface area contributed by atoms with Gasteiger partial charge in [0.05, 0.1) is 12.0 Å². The quantitative estimate of drug-likeness (QED) is 0.718. The zero-order chi connectivity index (χ0) is 20.6. The number of hydrogen-bond donors (Lipinski definition) is 2. The van der Waals surface area contributed by atoms with Crippen molar-refractivity contribution in [1.29, 1.82) is 0 Å². The number of carbonyl (C=O) groups is 1. The molecule has 0 radical (unpaired) electrons. The van der Waals surface area contributed by atoms with Gasteiger partial charge in [0.1, 0.15) is 17.6 Å². The molecule has 2 N–H and O–H groups in total. The Bertz CT molecular complexity index is 1020. The summed E-state index contributed by atoms with van der Waals surface area (Å²) < 4.78 is 39.8. The lowest BCUT2D eigenvalue weighted by molar-refractivity contribution is -0.136. The van der Waals surface area contributed by atoms with E-state index in [0.29, 0.717) is 18.6 Å². The van der Waals surface area contributed by atoms with Gasteiger partial charge >= 0.3 is 5.97 Å². The SMILES string of the molecule is COc1ccc(S(=O)(=O)NC2CCC3Oc4c(CCC(=O)O)cccc4C23)cc1. The lowest BCUT2D eigenvalue weighted by Gasteiger charge is -2.20. The number of aliphatic carboxylic acids is 1. The first-order valence-electron chi connectivity index (χ1n) is 9.55. The van der Waals surface area contributed by atoms with E-state index in [9.17, 15) is 13.2 Å². The third-order valence-corrected chi connectivity index (χ3v) is 7.14. The maximum Gasteiger partial charge on any atom is 0.303 e. The minimum Gasteiger partial charge on any atom is -0.497 e. The van der Waals surface area contributed by atoms with Crippen LogP contribution in [0.5, 0.6) is 11.5 Å². The van der Waals surface area contributed by atoms with Crippen molar-refractivity contribution in [1.82, 2.24) is 4.72 Å². The predicted octanol–water partition coefficient (Wildman–Crippen LogP) is 2.70. The summed E-state index contributed by atoms with van der Waals surface area (Å²) in [7, 11) is -2.15.